The van der Waals surface area contributed by atoms with Gasteiger partial charge in [-0.15, -0.1) is 0 Å². The molecular weight excluding hydrogens is 324 g/mol. The zero-order valence-corrected chi connectivity index (χ0v) is 15.8. The fourth-order valence-corrected chi connectivity index (χ4v) is 2.59. The van der Waals surface area contributed by atoms with Crippen LogP contribution in [0.1, 0.15) is 43.0 Å². The van der Waals surface area contributed by atoms with Crippen LogP contribution in [0.2, 0.25) is 0 Å². The van der Waals surface area contributed by atoms with Gasteiger partial charge in [0.25, 0.3) is 0 Å². The highest BCUT2D eigenvalue weighted by Crippen LogP contribution is 2.21. The molecule has 2 N–H and O–H groups in total. The summed E-state index contributed by atoms with van der Waals surface area (Å²) in [6, 6.07) is 13.6. The molecule has 0 aliphatic carbocycles. The van der Waals surface area contributed by atoms with Crippen molar-refractivity contribution < 1.29 is 14.9 Å². The molecule has 0 amide bonds. The first-order chi connectivity index (χ1) is 12.5. The summed E-state index contributed by atoms with van der Waals surface area (Å²) in [5.41, 5.74) is 4.75. The quantitative estimate of drug-likeness (QED) is 0.667. The number of rotatable bonds is 8. The topological polar surface area (TPSA) is 49.7 Å². The molecular formula is C23H28O3. The molecule has 0 saturated heterocycles. The number of hydrogen-bond acceptors (Lipinski definition) is 3. The Morgan fingerprint density at radius 2 is 1.81 bits per heavy atom. The van der Waals surface area contributed by atoms with Gasteiger partial charge in [0.1, 0.15) is 12.4 Å². The number of benzene rings is 2. The van der Waals surface area contributed by atoms with Gasteiger partial charge in [0, 0.05) is 0 Å². The molecule has 2 rings (SSSR count). The molecule has 0 unspecified atom stereocenters. The number of ether oxygens (including phenoxy) is 1. The average molecular weight is 352 g/mol. The lowest BCUT2D eigenvalue weighted by molar-refractivity contribution is 0.259. The van der Waals surface area contributed by atoms with Gasteiger partial charge in [-0.2, -0.15) is 0 Å². The van der Waals surface area contributed by atoms with Crippen molar-refractivity contribution in [1.82, 2.24) is 0 Å². The van der Waals surface area contributed by atoms with Crippen LogP contribution in [0.25, 0.3) is 5.57 Å². The summed E-state index contributed by atoms with van der Waals surface area (Å²) in [6.45, 7) is 6.65. The van der Waals surface area contributed by atoms with Gasteiger partial charge in [-0.3, -0.25) is 0 Å². The Balaban J connectivity index is 2.07. The SMILES string of the molecule is CC(=CC=CC(C)C)c1cccc(OCc2ccc(CO)c(CO)c2)c1. The van der Waals surface area contributed by atoms with E-state index in [1.54, 1.807) is 0 Å². The van der Waals surface area contributed by atoms with Crippen molar-refractivity contribution >= 4 is 5.57 Å². The van der Waals surface area contributed by atoms with Gasteiger partial charge in [-0.05, 0) is 58.9 Å². The second-order valence-corrected chi connectivity index (χ2v) is 6.71. The van der Waals surface area contributed by atoms with Gasteiger partial charge in [-0.25, -0.2) is 0 Å². The Bertz CT molecular complexity index is 773. The van der Waals surface area contributed by atoms with Crippen LogP contribution in [0.4, 0.5) is 0 Å². The van der Waals surface area contributed by atoms with Crippen LogP contribution in [0.3, 0.4) is 0 Å². The number of aliphatic hydroxyl groups excluding tert-OH is 2. The smallest absolute Gasteiger partial charge is 0.120 e. The van der Waals surface area contributed by atoms with E-state index in [0.29, 0.717) is 12.5 Å². The lowest BCUT2D eigenvalue weighted by atomic mass is 10.1. The molecule has 0 heterocycles. The van der Waals surface area contributed by atoms with E-state index in [0.717, 1.165) is 28.0 Å². The first-order valence-corrected chi connectivity index (χ1v) is 8.94. The molecule has 0 aromatic heterocycles. The Morgan fingerprint density at radius 3 is 2.50 bits per heavy atom. The van der Waals surface area contributed by atoms with E-state index < -0.39 is 0 Å². The van der Waals surface area contributed by atoms with E-state index in [1.807, 2.05) is 36.4 Å². The molecule has 0 bridgehead atoms. The van der Waals surface area contributed by atoms with E-state index >= 15 is 0 Å². The van der Waals surface area contributed by atoms with Crippen LogP contribution >= 0.6 is 0 Å². The molecule has 0 aliphatic heterocycles. The first-order valence-electron chi connectivity index (χ1n) is 8.94. The van der Waals surface area contributed by atoms with Crippen LogP contribution in [0.5, 0.6) is 5.75 Å². The van der Waals surface area contributed by atoms with E-state index in [9.17, 15) is 10.2 Å². The van der Waals surface area contributed by atoms with Crippen LogP contribution in [-0.2, 0) is 19.8 Å². The maximum absolute atomic E-state index is 9.40. The van der Waals surface area contributed by atoms with Gasteiger partial charge in [0.2, 0.25) is 0 Å². The van der Waals surface area contributed by atoms with Crippen LogP contribution in [0.15, 0.2) is 60.7 Å². The van der Waals surface area contributed by atoms with E-state index in [2.05, 4.69) is 45.1 Å². The predicted molar refractivity (Wildman–Crippen MR) is 107 cm³/mol. The molecule has 0 saturated carbocycles. The summed E-state index contributed by atoms with van der Waals surface area (Å²) in [5.74, 6) is 1.34. The molecule has 3 heteroatoms. The first kappa shape index (κ1) is 20.0. The van der Waals surface area contributed by atoms with Crippen molar-refractivity contribution in [3.05, 3.63) is 82.9 Å². The third-order valence-electron chi connectivity index (χ3n) is 4.15. The number of hydrogen-bond donors (Lipinski definition) is 2. The summed E-state index contributed by atoms with van der Waals surface area (Å²) >= 11 is 0. The Labute approximate surface area is 156 Å². The summed E-state index contributed by atoms with van der Waals surface area (Å²) in [7, 11) is 0. The largest absolute Gasteiger partial charge is 0.489 e. The zero-order chi connectivity index (χ0) is 18.9. The standard InChI is InChI=1S/C23H28O3/c1-17(2)6-4-7-18(3)20-8-5-9-23(13-20)26-16-19-10-11-21(14-24)22(12-19)15-25/h4-13,17,24-25H,14-16H2,1-3H3. The van der Waals surface area contributed by atoms with Crippen molar-refractivity contribution in [2.75, 3.05) is 0 Å². The fraction of sp³-hybridized carbons (Fsp3) is 0.304. The maximum atomic E-state index is 9.40. The van der Waals surface area contributed by atoms with Gasteiger partial charge in [0.15, 0.2) is 0 Å². The molecule has 138 valence electrons. The molecule has 0 radical (unpaired) electrons. The highest BCUT2D eigenvalue weighted by Gasteiger charge is 2.04. The molecule has 2 aromatic rings. The molecule has 0 atom stereocenters. The van der Waals surface area contributed by atoms with Crippen LogP contribution in [0, 0.1) is 5.92 Å². The fourth-order valence-electron chi connectivity index (χ4n) is 2.59. The van der Waals surface area contributed by atoms with E-state index in [-0.39, 0.29) is 13.2 Å². The van der Waals surface area contributed by atoms with Gasteiger partial charge < -0.3 is 14.9 Å². The average Bonchev–Trinajstić information content (AvgIpc) is 2.65. The Morgan fingerprint density at radius 1 is 1.04 bits per heavy atom. The van der Waals surface area contributed by atoms with Gasteiger partial charge in [-0.1, -0.05) is 56.3 Å². The molecule has 2 aromatic carbocycles. The third kappa shape index (κ3) is 5.87. The summed E-state index contributed by atoms with van der Waals surface area (Å²) in [5, 5.41) is 18.7. The molecule has 0 aliphatic rings. The minimum absolute atomic E-state index is 0.0735. The van der Waals surface area contributed by atoms with Gasteiger partial charge >= 0.3 is 0 Å². The zero-order valence-electron chi connectivity index (χ0n) is 15.8. The van der Waals surface area contributed by atoms with Crippen molar-refractivity contribution in [1.29, 1.82) is 0 Å². The van der Waals surface area contributed by atoms with Crippen molar-refractivity contribution in [2.24, 2.45) is 5.92 Å². The minimum Gasteiger partial charge on any atom is -0.489 e. The Kier molecular flexibility index (Phi) is 7.64. The molecule has 0 spiro atoms. The van der Waals surface area contributed by atoms with Crippen molar-refractivity contribution in [2.45, 2.75) is 40.6 Å². The monoisotopic (exact) mass is 352 g/mol. The van der Waals surface area contributed by atoms with Crippen LogP contribution < -0.4 is 4.74 Å². The Hall–Kier alpha value is -2.36. The third-order valence-corrected chi connectivity index (χ3v) is 4.15. The lowest BCUT2D eigenvalue weighted by Gasteiger charge is -2.11. The van der Waals surface area contributed by atoms with Crippen molar-refractivity contribution in [3.63, 3.8) is 0 Å². The molecule has 0 fully saturated rings. The van der Waals surface area contributed by atoms with Crippen LogP contribution in [-0.4, -0.2) is 10.2 Å². The molecule has 3 nitrogen and oxygen atoms in total. The number of allylic oxidation sites excluding steroid dienone is 4. The summed E-state index contributed by atoms with van der Waals surface area (Å²) in [6.07, 6.45) is 6.37. The summed E-state index contributed by atoms with van der Waals surface area (Å²) < 4.78 is 5.91. The van der Waals surface area contributed by atoms with E-state index in [4.69, 9.17) is 4.74 Å². The minimum atomic E-state index is -0.0902. The summed E-state index contributed by atoms with van der Waals surface area (Å²) in [4.78, 5) is 0. The maximum Gasteiger partial charge on any atom is 0.120 e. The molecule has 26 heavy (non-hydrogen) atoms. The van der Waals surface area contributed by atoms with Gasteiger partial charge in [0.05, 0.1) is 13.2 Å². The van der Waals surface area contributed by atoms with E-state index in [1.165, 1.54) is 5.57 Å². The lowest BCUT2D eigenvalue weighted by Crippen LogP contribution is -2.00. The van der Waals surface area contributed by atoms with Crippen molar-refractivity contribution in [3.8, 4) is 5.75 Å². The normalized spacial score (nSPS) is 12.2. The number of aliphatic hydroxyl groups is 2. The second kappa shape index (κ2) is 9.95. The predicted octanol–water partition coefficient (Wildman–Crippen LogP) is 4.87. The highest BCUT2D eigenvalue weighted by molar-refractivity contribution is 5.66. The highest BCUT2D eigenvalue weighted by atomic mass is 16.5. The second-order valence-electron chi connectivity index (χ2n) is 6.71.